The predicted octanol–water partition coefficient (Wildman–Crippen LogP) is 5.72. The summed E-state index contributed by atoms with van der Waals surface area (Å²) in [5.74, 6) is -0.351. The Labute approximate surface area is 187 Å². The fourth-order valence-corrected chi connectivity index (χ4v) is 3.67. The number of rotatable bonds is 4. The van der Waals surface area contributed by atoms with Crippen LogP contribution >= 0.6 is 0 Å². The Bertz CT molecular complexity index is 1460. The van der Waals surface area contributed by atoms with Crippen LogP contribution in [0.25, 0.3) is 17.0 Å². The van der Waals surface area contributed by atoms with Crippen LogP contribution in [-0.4, -0.2) is 18.9 Å². The van der Waals surface area contributed by atoms with Gasteiger partial charge in [-0.2, -0.15) is 0 Å². The van der Waals surface area contributed by atoms with E-state index in [2.05, 4.69) is 0 Å². The van der Waals surface area contributed by atoms with E-state index in [1.165, 1.54) is 37.5 Å². The van der Waals surface area contributed by atoms with Gasteiger partial charge in [-0.3, -0.25) is 4.79 Å². The number of furan rings is 1. The number of allylic oxidation sites excluding steroid dienone is 1. The topological polar surface area (TPSA) is 75.0 Å². The summed E-state index contributed by atoms with van der Waals surface area (Å²) in [5, 5.41) is 0.702. The number of methoxy groups -OCH3 is 1. The van der Waals surface area contributed by atoms with Crippen molar-refractivity contribution in [1.29, 1.82) is 0 Å². The van der Waals surface area contributed by atoms with E-state index in [1.54, 1.807) is 43.3 Å². The lowest BCUT2D eigenvalue weighted by molar-refractivity contribution is 0.0702. The molecule has 3 aromatic carbocycles. The third kappa shape index (κ3) is 3.63. The molecule has 0 atom stereocenters. The zero-order valence-electron chi connectivity index (χ0n) is 17.7. The molecule has 0 fully saturated rings. The largest absolute Gasteiger partial charge is 0.493 e. The number of hydrogen-bond acceptors (Lipinski definition) is 6. The smallest absolute Gasteiger partial charge is 0.379 e. The number of esters is 1. The van der Waals surface area contributed by atoms with E-state index in [4.69, 9.17) is 18.6 Å². The number of hydrogen-bond donors (Lipinski definition) is 0. The molecule has 0 unspecified atom stereocenters. The highest BCUT2D eigenvalue weighted by Gasteiger charge is 2.31. The summed E-state index contributed by atoms with van der Waals surface area (Å²) in [6, 6.07) is 15.8. The van der Waals surface area contributed by atoms with Crippen LogP contribution in [0.2, 0.25) is 0 Å². The fraction of sp³-hybridized carbons (Fsp3) is 0.0769. The van der Waals surface area contributed by atoms with E-state index >= 15 is 0 Å². The number of halogens is 1. The molecule has 0 N–H and O–H groups in total. The first kappa shape index (κ1) is 20.5. The molecule has 7 heteroatoms. The van der Waals surface area contributed by atoms with Gasteiger partial charge in [0.05, 0.1) is 12.7 Å². The van der Waals surface area contributed by atoms with Crippen molar-refractivity contribution < 1.29 is 32.6 Å². The second-order valence-corrected chi connectivity index (χ2v) is 7.44. The minimum Gasteiger partial charge on any atom is -0.493 e. The van der Waals surface area contributed by atoms with Crippen LogP contribution in [-0.2, 0) is 0 Å². The van der Waals surface area contributed by atoms with Crippen molar-refractivity contribution in [2.24, 2.45) is 0 Å². The number of Topliss-reactive ketones (excluding diaryl/α,β-unsaturated/α-hetero) is 1. The number of para-hydroxylation sites is 1. The Morgan fingerprint density at radius 2 is 1.85 bits per heavy atom. The maximum atomic E-state index is 13.5. The molecular weight excluding hydrogens is 427 g/mol. The number of ether oxygens (including phenoxy) is 3. The van der Waals surface area contributed by atoms with Crippen LogP contribution < -0.4 is 14.2 Å². The molecule has 0 saturated carbocycles. The van der Waals surface area contributed by atoms with Crippen molar-refractivity contribution in [3.8, 4) is 17.2 Å². The number of benzene rings is 3. The van der Waals surface area contributed by atoms with Gasteiger partial charge in [-0.05, 0) is 55.0 Å². The van der Waals surface area contributed by atoms with E-state index in [-0.39, 0.29) is 23.1 Å². The van der Waals surface area contributed by atoms with Gasteiger partial charge >= 0.3 is 5.97 Å². The van der Waals surface area contributed by atoms with Gasteiger partial charge in [0.1, 0.15) is 17.3 Å². The summed E-state index contributed by atoms with van der Waals surface area (Å²) in [6.45, 7) is 1.68. The van der Waals surface area contributed by atoms with Crippen LogP contribution in [0, 0.1) is 12.7 Å². The maximum Gasteiger partial charge on any atom is 0.379 e. The molecule has 164 valence electrons. The van der Waals surface area contributed by atoms with Gasteiger partial charge in [0.15, 0.2) is 17.1 Å². The number of fused-ring (bicyclic) bond motifs is 2. The summed E-state index contributed by atoms with van der Waals surface area (Å²) in [5.41, 5.74) is 1.75. The molecule has 4 aromatic rings. The van der Waals surface area contributed by atoms with Crippen LogP contribution in [0.4, 0.5) is 4.39 Å². The lowest BCUT2D eigenvalue weighted by atomic mass is 10.1. The molecule has 5 rings (SSSR count). The average molecular weight is 444 g/mol. The molecule has 0 aliphatic carbocycles. The Morgan fingerprint density at radius 1 is 1.03 bits per heavy atom. The highest BCUT2D eigenvalue weighted by atomic mass is 19.1. The summed E-state index contributed by atoms with van der Waals surface area (Å²) in [6.07, 6.45) is 1.47. The molecule has 0 spiro atoms. The zero-order valence-corrected chi connectivity index (χ0v) is 17.7. The van der Waals surface area contributed by atoms with Crippen molar-refractivity contribution in [3.05, 3.63) is 94.7 Å². The Balaban J connectivity index is 1.42. The molecule has 0 saturated heterocycles. The van der Waals surface area contributed by atoms with Gasteiger partial charge in [0.25, 0.3) is 0 Å². The van der Waals surface area contributed by atoms with Crippen LogP contribution in [0.15, 0.2) is 70.8 Å². The maximum absolute atomic E-state index is 13.5. The second kappa shape index (κ2) is 7.94. The first-order valence-electron chi connectivity index (χ1n) is 10.1. The normalized spacial score (nSPS) is 13.8. The molecule has 0 amide bonds. The van der Waals surface area contributed by atoms with E-state index in [0.717, 1.165) is 0 Å². The molecule has 33 heavy (non-hydrogen) atoms. The highest BCUT2D eigenvalue weighted by molar-refractivity contribution is 6.15. The first-order valence-corrected chi connectivity index (χ1v) is 10.1. The third-order valence-electron chi connectivity index (χ3n) is 5.31. The van der Waals surface area contributed by atoms with Gasteiger partial charge in [-0.15, -0.1) is 0 Å². The van der Waals surface area contributed by atoms with Crippen molar-refractivity contribution in [1.82, 2.24) is 0 Å². The Kier molecular flexibility index (Phi) is 4.94. The molecule has 0 bridgehead atoms. The van der Waals surface area contributed by atoms with Crippen molar-refractivity contribution >= 4 is 28.8 Å². The van der Waals surface area contributed by atoms with Gasteiger partial charge in [-0.1, -0.05) is 24.3 Å². The van der Waals surface area contributed by atoms with Gasteiger partial charge in [0, 0.05) is 10.9 Å². The Morgan fingerprint density at radius 3 is 2.64 bits per heavy atom. The molecule has 1 aliphatic heterocycles. The molecule has 1 aliphatic rings. The summed E-state index contributed by atoms with van der Waals surface area (Å²) in [7, 11) is 1.52. The SMILES string of the molecule is COc1cccc2cc(C(=O)Oc3ccc4c(c3C)O/C(=C\c3cccc(F)c3)C4=O)oc12. The number of ketones is 1. The van der Waals surface area contributed by atoms with Gasteiger partial charge in [-0.25, -0.2) is 9.18 Å². The Hall–Kier alpha value is -4.39. The molecule has 1 aromatic heterocycles. The van der Waals surface area contributed by atoms with Crippen molar-refractivity contribution in [2.75, 3.05) is 7.11 Å². The summed E-state index contributed by atoms with van der Waals surface area (Å²) in [4.78, 5) is 25.5. The van der Waals surface area contributed by atoms with Crippen LogP contribution in [0.3, 0.4) is 0 Å². The minimum atomic E-state index is -0.698. The van der Waals surface area contributed by atoms with E-state index in [1.807, 2.05) is 0 Å². The first-order chi connectivity index (χ1) is 15.9. The lowest BCUT2D eigenvalue weighted by Crippen LogP contribution is -2.08. The van der Waals surface area contributed by atoms with E-state index in [0.29, 0.717) is 39.2 Å². The van der Waals surface area contributed by atoms with Crippen LogP contribution in [0.5, 0.6) is 17.2 Å². The molecular formula is C26H17FO6. The summed E-state index contributed by atoms with van der Waals surface area (Å²) >= 11 is 0. The van der Waals surface area contributed by atoms with E-state index in [9.17, 15) is 14.0 Å². The second-order valence-electron chi connectivity index (χ2n) is 7.44. The monoisotopic (exact) mass is 444 g/mol. The average Bonchev–Trinajstić information content (AvgIpc) is 3.38. The van der Waals surface area contributed by atoms with Gasteiger partial charge < -0.3 is 18.6 Å². The highest BCUT2D eigenvalue weighted by Crippen LogP contribution is 2.39. The predicted molar refractivity (Wildman–Crippen MR) is 118 cm³/mol. The standard InChI is InChI=1S/C26H17FO6/c1-14-19(33-26(29)22-13-16-6-4-8-20(30-2)25(16)32-22)10-9-18-23(28)21(31-24(14)18)12-15-5-3-7-17(27)11-15/h3-13H,1-2H3/b21-12-. The number of carbonyl (C=O) groups excluding carboxylic acids is 2. The summed E-state index contributed by atoms with van der Waals surface area (Å²) < 4.78 is 35.7. The van der Waals surface area contributed by atoms with Crippen molar-refractivity contribution in [3.63, 3.8) is 0 Å². The third-order valence-corrected chi connectivity index (χ3v) is 5.31. The van der Waals surface area contributed by atoms with Gasteiger partial charge in [0.2, 0.25) is 11.5 Å². The fourth-order valence-electron chi connectivity index (χ4n) is 3.67. The molecule has 0 radical (unpaired) electrons. The molecule has 2 heterocycles. The minimum absolute atomic E-state index is 0.0121. The quantitative estimate of drug-likeness (QED) is 0.228. The zero-order chi connectivity index (χ0) is 23.1. The van der Waals surface area contributed by atoms with Crippen molar-refractivity contribution in [2.45, 2.75) is 6.92 Å². The van der Waals surface area contributed by atoms with Crippen LogP contribution in [0.1, 0.15) is 32.0 Å². The molecule has 6 nitrogen and oxygen atoms in total. The van der Waals surface area contributed by atoms with E-state index < -0.39 is 11.8 Å². The number of carbonyl (C=O) groups is 2. The lowest BCUT2D eigenvalue weighted by Gasteiger charge is -2.09.